The Kier molecular flexibility index (Phi) is 6.30. The van der Waals surface area contributed by atoms with Gasteiger partial charge in [0.2, 0.25) is 0 Å². The topological polar surface area (TPSA) is 128 Å². The minimum absolute atomic E-state index is 0.102. The van der Waals surface area contributed by atoms with E-state index in [0.717, 1.165) is 6.07 Å². The highest BCUT2D eigenvalue weighted by molar-refractivity contribution is 7.92. The van der Waals surface area contributed by atoms with Crippen LogP contribution in [0.4, 0.5) is 5.69 Å². The Morgan fingerprint density at radius 2 is 1.68 bits per heavy atom. The molecule has 9 nitrogen and oxygen atoms in total. The summed E-state index contributed by atoms with van der Waals surface area (Å²) >= 11 is 0. The Hall–Kier alpha value is -3.79. The molecule has 0 aromatic heterocycles. The van der Waals surface area contributed by atoms with Gasteiger partial charge in [-0.1, -0.05) is 24.3 Å². The number of anilines is 1. The first-order valence-corrected chi connectivity index (χ1v) is 10.4. The number of aromatic carboxylic acids is 1. The molecule has 0 amide bonds. The molecule has 0 radical (unpaired) electrons. The van der Waals surface area contributed by atoms with Crippen molar-refractivity contribution in [3.05, 3.63) is 60.2 Å². The van der Waals surface area contributed by atoms with Crippen molar-refractivity contribution in [1.29, 1.82) is 0 Å². The van der Waals surface area contributed by atoms with Gasteiger partial charge in [0, 0.05) is 10.8 Å². The van der Waals surface area contributed by atoms with Crippen molar-refractivity contribution < 1.29 is 37.3 Å². The second-order valence-electron chi connectivity index (χ2n) is 6.30. The third-order valence-corrected chi connectivity index (χ3v) is 5.81. The Balaban J connectivity index is 2.00. The first kappa shape index (κ1) is 21.9. The molecule has 0 fully saturated rings. The highest BCUT2D eigenvalue weighted by Gasteiger charge is 2.22. The van der Waals surface area contributed by atoms with E-state index in [4.69, 9.17) is 14.6 Å². The van der Waals surface area contributed by atoms with E-state index in [1.54, 1.807) is 24.3 Å². The lowest BCUT2D eigenvalue weighted by molar-refractivity contribution is -0.142. The van der Waals surface area contributed by atoms with Crippen LogP contribution in [0.25, 0.3) is 10.8 Å². The molecule has 0 aliphatic carbocycles. The summed E-state index contributed by atoms with van der Waals surface area (Å²) in [5, 5.41) is 10.2. The minimum Gasteiger partial charge on any atom is -0.495 e. The van der Waals surface area contributed by atoms with Gasteiger partial charge in [0.25, 0.3) is 10.0 Å². The van der Waals surface area contributed by atoms with Crippen LogP contribution < -0.4 is 14.2 Å². The van der Waals surface area contributed by atoms with Crippen LogP contribution in [0.1, 0.15) is 10.4 Å². The van der Waals surface area contributed by atoms with Crippen molar-refractivity contribution >= 4 is 38.4 Å². The van der Waals surface area contributed by atoms with E-state index in [1.807, 2.05) is 0 Å². The number of carbonyl (C=O) groups is 2. The zero-order valence-electron chi connectivity index (χ0n) is 16.6. The van der Waals surface area contributed by atoms with Gasteiger partial charge in [-0.25, -0.2) is 18.0 Å². The van der Waals surface area contributed by atoms with Gasteiger partial charge in [0.15, 0.2) is 6.61 Å². The quantitative estimate of drug-likeness (QED) is 0.507. The van der Waals surface area contributed by atoms with Gasteiger partial charge in [-0.15, -0.1) is 0 Å². The number of nitrogens with one attached hydrogen (secondary N) is 1. The first-order chi connectivity index (χ1) is 14.8. The van der Waals surface area contributed by atoms with Crippen molar-refractivity contribution in [2.75, 3.05) is 25.5 Å². The van der Waals surface area contributed by atoms with Crippen molar-refractivity contribution in [3.63, 3.8) is 0 Å². The summed E-state index contributed by atoms with van der Waals surface area (Å²) in [6, 6.07) is 13.4. The summed E-state index contributed by atoms with van der Waals surface area (Å²) in [5.41, 5.74) is 0.165. The van der Waals surface area contributed by atoms with Crippen LogP contribution in [0, 0.1) is 0 Å². The second-order valence-corrected chi connectivity index (χ2v) is 7.95. The fourth-order valence-corrected chi connectivity index (χ4v) is 4.14. The molecule has 0 unspecified atom stereocenters. The van der Waals surface area contributed by atoms with E-state index in [1.165, 1.54) is 38.5 Å². The lowest BCUT2D eigenvalue weighted by atomic mass is 10.1. The maximum Gasteiger partial charge on any atom is 0.343 e. The van der Waals surface area contributed by atoms with Gasteiger partial charge in [0.05, 0.1) is 25.5 Å². The molecule has 0 heterocycles. The monoisotopic (exact) mass is 445 g/mol. The SMILES string of the molecule is COC(=O)COc1ccc(NS(=O)(=O)c2ccc(C(=O)O)cc2OC)c2ccccc12. The third-order valence-electron chi connectivity index (χ3n) is 4.40. The largest absolute Gasteiger partial charge is 0.495 e. The number of ether oxygens (including phenoxy) is 3. The highest BCUT2D eigenvalue weighted by Crippen LogP contribution is 2.34. The fraction of sp³-hybridized carbons (Fsp3) is 0.143. The van der Waals surface area contributed by atoms with Crippen LogP contribution in [0.5, 0.6) is 11.5 Å². The maximum atomic E-state index is 13.0. The van der Waals surface area contributed by atoms with Crippen LogP contribution in [-0.2, 0) is 19.6 Å². The predicted molar refractivity (Wildman–Crippen MR) is 112 cm³/mol. The number of hydrogen-bond donors (Lipinski definition) is 2. The predicted octanol–water partition coefficient (Wildman–Crippen LogP) is 2.90. The van der Waals surface area contributed by atoms with Gasteiger partial charge >= 0.3 is 11.9 Å². The smallest absolute Gasteiger partial charge is 0.343 e. The Morgan fingerprint density at radius 3 is 2.32 bits per heavy atom. The molecule has 0 bridgehead atoms. The van der Waals surface area contributed by atoms with Gasteiger partial charge in [-0.2, -0.15) is 0 Å². The fourth-order valence-electron chi connectivity index (χ4n) is 2.90. The van der Waals surface area contributed by atoms with Gasteiger partial charge in [-0.3, -0.25) is 4.72 Å². The lowest BCUT2D eigenvalue weighted by Crippen LogP contribution is -2.15. The van der Waals surface area contributed by atoms with Crippen molar-refractivity contribution in [2.24, 2.45) is 0 Å². The molecular formula is C21H19NO8S. The molecule has 2 N–H and O–H groups in total. The van der Waals surface area contributed by atoms with E-state index in [0.29, 0.717) is 16.5 Å². The van der Waals surface area contributed by atoms with Gasteiger partial charge < -0.3 is 19.3 Å². The molecular weight excluding hydrogens is 426 g/mol. The zero-order valence-corrected chi connectivity index (χ0v) is 17.4. The van der Waals surface area contributed by atoms with Crippen molar-refractivity contribution in [1.82, 2.24) is 0 Å². The average Bonchev–Trinajstić information content (AvgIpc) is 2.77. The van der Waals surface area contributed by atoms with Crippen LogP contribution in [0.15, 0.2) is 59.5 Å². The average molecular weight is 445 g/mol. The second kappa shape index (κ2) is 8.92. The van der Waals surface area contributed by atoms with Crippen molar-refractivity contribution in [3.8, 4) is 11.5 Å². The third kappa shape index (κ3) is 4.69. The Labute approximate surface area is 178 Å². The summed E-state index contributed by atoms with van der Waals surface area (Å²) in [7, 11) is -1.61. The molecule has 3 aromatic rings. The van der Waals surface area contributed by atoms with E-state index >= 15 is 0 Å². The standard InChI is InChI=1S/C21H19NO8S/c1-28-18-11-13(21(24)25)7-10-19(18)31(26,27)22-16-8-9-17(30-12-20(23)29-2)15-6-4-3-5-14(15)16/h3-11,22H,12H2,1-2H3,(H,24,25). The van der Waals surface area contributed by atoms with E-state index in [2.05, 4.69) is 9.46 Å². The molecule has 10 heteroatoms. The number of carbonyl (C=O) groups excluding carboxylic acids is 1. The molecule has 0 aliphatic rings. The Morgan fingerprint density at radius 1 is 0.968 bits per heavy atom. The number of carboxylic acids is 1. The first-order valence-electron chi connectivity index (χ1n) is 8.92. The minimum atomic E-state index is -4.12. The summed E-state index contributed by atoms with van der Waals surface area (Å²) < 4.78 is 43.7. The van der Waals surface area contributed by atoms with Crippen LogP contribution in [0.3, 0.4) is 0 Å². The molecule has 0 spiro atoms. The number of methoxy groups -OCH3 is 2. The molecule has 31 heavy (non-hydrogen) atoms. The molecule has 162 valence electrons. The molecule has 0 saturated heterocycles. The highest BCUT2D eigenvalue weighted by atomic mass is 32.2. The van der Waals surface area contributed by atoms with E-state index in [-0.39, 0.29) is 28.5 Å². The van der Waals surface area contributed by atoms with E-state index < -0.39 is 22.0 Å². The molecule has 0 atom stereocenters. The van der Waals surface area contributed by atoms with Gasteiger partial charge in [0.1, 0.15) is 16.4 Å². The number of sulfonamides is 1. The summed E-state index contributed by atoms with van der Waals surface area (Å²) in [6.45, 7) is -0.293. The molecule has 0 aliphatic heterocycles. The summed E-state index contributed by atoms with van der Waals surface area (Å²) in [5.74, 6) is -1.48. The number of esters is 1. The number of carboxylic acid groups (broad SMARTS) is 1. The molecule has 3 aromatic carbocycles. The normalized spacial score (nSPS) is 11.0. The Bertz CT molecular complexity index is 1250. The zero-order chi connectivity index (χ0) is 22.6. The molecule has 0 saturated carbocycles. The summed E-state index contributed by atoms with van der Waals surface area (Å²) in [4.78, 5) is 22.3. The van der Waals surface area contributed by atoms with Crippen molar-refractivity contribution in [2.45, 2.75) is 4.90 Å². The van der Waals surface area contributed by atoms with Crippen LogP contribution in [-0.4, -0.2) is 46.3 Å². The van der Waals surface area contributed by atoms with Gasteiger partial charge in [-0.05, 0) is 30.3 Å². The number of hydrogen-bond acceptors (Lipinski definition) is 7. The maximum absolute atomic E-state index is 13.0. The van der Waals surface area contributed by atoms with E-state index in [9.17, 15) is 18.0 Å². The molecule has 3 rings (SSSR count). The number of benzene rings is 3. The number of fused-ring (bicyclic) bond motifs is 1. The van der Waals surface area contributed by atoms with Crippen LogP contribution in [0.2, 0.25) is 0 Å². The number of rotatable bonds is 8. The van der Waals surface area contributed by atoms with Crippen LogP contribution >= 0.6 is 0 Å². The summed E-state index contributed by atoms with van der Waals surface area (Å²) in [6.07, 6.45) is 0. The lowest BCUT2D eigenvalue weighted by Gasteiger charge is -2.15.